The minimum Gasteiger partial charge on any atom is -0.387 e. The highest BCUT2D eigenvalue weighted by Crippen LogP contribution is 2.27. The minimum absolute atomic E-state index is 0.419. The Morgan fingerprint density at radius 2 is 2.40 bits per heavy atom. The van der Waals surface area contributed by atoms with Gasteiger partial charge in [0.1, 0.15) is 0 Å². The van der Waals surface area contributed by atoms with Crippen LogP contribution in [0.3, 0.4) is 0 Å². The van der Waals surface area contributed by atoms with Gasteiger partial charge in [0.25, 0.3) is 0 Å². The van der Waals surface area contributed by atoms with Crippen molar-refractivity contribution < 1.29 is 5.11 Å². The molecule has 0 spiro atoms. The van der Waals surface area contributed by atoms with E-state index in [2.05, 4.69) is 15.9 Å². The van der Waals surface area contributed by atoms with Crippen LogP contribution in [0.2, 0.25) is 4.34 Å². The molecule has 56 valence electrons. The van der Waals surface area contributed by atoms with E-state index in [-0.39, 0.29) is 0 Å². The quantitative estimate of drug-likeness (QED) is 0.790. The third-order valence-electron chi connectivity index (χ3n) is 1.07. The molecular weight excluding hydrogens is 235 g/mol. The van der Waals surface area contributed by atoms with Crippen LogP contribution in [0.5, 0.6) is 0 Å². The van der Waals surface area contributed by atoms with E-state index in [0.717, 1.165) is 9.21 Å². The Hall–Kier alpha value is 0.430. The number of alkyl halides is 1. The number of hydrogen-bond donors (Lipinski definition) is 1. The molecule has 1 nitrogen and oxygen atoms in total. The smallest absolute Gasteiger partial charge is 0.0978 e. The van der Waals surface area contributed by atoms with Crippen LogP contribution in [-0.4, -0.2) is 10.4 Å². The monoisotopic (exact) mass is 240 g/mol. The first-order valence-corrected chi connectivity index (χ1v) is 5.05. The van der Waals surface area contributed by atoms with E-state index >= 15 is 0 Å². The normalized spacial score (nSPS) is 13.5. The predicted molar refractivity (Wildman–Crippen MR) is 48.1 cm³/mol. The van der Waals surface area contributed by atoms with Crippen molar-refractivity contribution in [1.82, 2.24) is 0 Å². The first-order chi connectivity index (χ1) is 4.74. The highest BCUT2D eigenvalue weighted by atomic mass is 79.9. The molecule has 4 heteroatoms. The average Bonchev–Trinajstić information content (AvgIpc) is 2.34. The van der Waals surface area contributed by atoms with Crippen molar-refractivity contribution in [3.8, 4) is 0 Å². The Labute approximate surface area is 76.8 Å². The van der Waals surface area contributed by atoms with E-state index in [1.165, 1.54) is 11.3 Å². The van der Waals surface area contributed by atoms with Gasteiger partial charge in [-0.25, -0.2) is 0 Å². The first kappa shape index (κ1) is 8.53. The van der Waals surface area contributed by atoms with Crippen molar-refractivity contribution in [1.29, 1.82) is 0 Å². The van der Waals surface area contributed by atoms with Gasteiger partial charge >= 0.3 is 0 Å². The molecule has 0 radical (unpaired) electrons. The lowest BCUT2D eigenvalue weighted by Gasteiger charge is -2.00. The number of aliphatic hydroxyl groups excluding tert-OH is 1. The SMILES string of the molecule is O[C@@H](CBr)c1ccc(Cl)s1. The highest BCUT2D eigenvalue weighted by Gasteiger charge is 2.06. The Bertz CT molecular complexity index is 213. The second-order valence-corrected chi connectivity index (χ2v) is 4.21. The number of rotatable bonds is 2. The second-order valence-electron chi connectivity index (χ2n) is 1.81. The summed E-state index contributed by atoms with van der Waals surface area (Å²) in [5.74, 6) is 0. The standard InChI is InChI=1S/C6H6BrClOS/c7-3-4(9)5-1-2-6(8)10-5/h1-2,4,9H,3H2/t4-/m0/s1. The maximum atomic E-state index is 9.25. The summed E-state index contributed by atoms with van der Waals surface area (Å²) in [5, 5.41) is 9.81. The van der Waals surface area contributed by atoms with E-state index < -0.39 is 6.10 Å². The van der Waals surface area contributed by atoms with Crippen LogP contribution in [0.25, 0.3) is 0 Å². The van der Waals surface area contributed by atoms with E-state index in [1.54, 1.807) is 6.07 Å². The van der Waals surface area contributed by atoms with Crippen molar-refractivity contribution in [3.63, 3.8) is 0 Å². The summed E-state index contributed by atoms with van der Waals surface area (Å²) in [6.07, 6.45) is -0.419. The summed E-state index contributed by atoms with van der Waals surface area (Å²) >= 11 is 10.2. The van der Waals surface area contributed by atoms with Crippen molar-refractivity contribution >= 4 is 38.9 Å². The second kappa shape index (κ2) is 3.72. The van der Waals surface area contributed by atoms with Crippen molar-refractivity contribution in [2.45, 2.75) is 6.10 Å². The molecule has 0 fully saturated rings. The van der Waals surface area contributed by atoms with Gasteiger partial charge in [-0.1, -0.05) is 27.5 Å². The summed E-state index contributed by atoms with van der Waals surface area (Å²) in [5.41, 5.74) is 0. The molecule has 1 rings (SSSR count). The minimum atomic E-state index is -0.419. The fraction of sp³-hybridized carbons (Fsp3) is 0.333. The number of halogens is 2. The number of hydrogen-bond acceptors (Lipinski definition) is 2. The topological polar surface area (TPSA) is 20.2 Å². The Kier molecular flexibility index (Phi) is 3.17. The zero-order valence-electron chi connectivity index (χ0n) is 5.05. The molecule has 0 aromatic carbocycles. The molecule has 0 unspecified atom stereocenters. The van der Waals surface area contributed by atoms with E-state index in [0.29, 0.717) is 5.33 Å². The predicted octanol–water partition coefficient (Wildman–Crippen LogP) is 2.83. The zero-order chi connectivity index (χ0) is 7.56. The molecular formula is C6H6BrClOS. The van der Waals surface area contributed by atoms with Gasteiger partial charge in [0, 0.05) is 10.2 Å². The molecule has 0 saturated heterocycles. The fourth-order valence-corrected chi connectivity index (χ4v) is 2.19. The largest absolute Gasteiger partial charge is 0.387 e. The average molecular weight is 242 g/mol. The molecule has 0 saturated carbocycles. The molecule has 0 amide bonds. The van der Waals surface area contributed by atoms with E-state index in [9.17, 15) is 5.11 Å². The maximum Gasteiger partial charge on any atom is 0.0978 e. The maximum absolute atomic E-state index is 9.25. The first-order valence-electron chi connectivity index (χ1n) is 2.73. The Morgan fingerprint density at radius 1 is 1.70 bits per heavy atom. The van der Waals surface area contributed by atoms with Crippen molar-refractivity contribution in [2.24, 2.45) is 0 Å². The van der Waals surface area contributed by atoms with Crippen LogP contribution in [0, 0.1) is 0 Å². The molecule has 1 N–H and O–H groups in total. The lowest BCUT2D eigenvalue weighted by Crippen LogP contribution is -1.93. The summed E-state index contributed by atoms with van der Waals surface area (Å²) in [6.45, 7) is 0. The Balaban J connectivity index is 2.74. The van der Waals surface area contributed by atoms with Gasteiger partial charge in [0.15, 0.2) is 0 Å². The summed E-state index contributed by atoms with van der Waals surface area (Å²) < 4.78 is 0.718. The molecule has 0 aliphatic carbocycles. The zero-order valence-corrected chi connectivity index (χ0v) is 8.21. The van der Waals surface area contributed by atoms with Gasteiger partial charge in [0.2, 0.25) is 0 Å². The molecule has 1 heterocycles. The molecule has 1 aromatic heterocycles. The van der Waals surface area contributed by atoms with Gasteiger partial charge in [-0.3, -0.25) is 0 Å². The van der Waals surface area contributed by atoms with Crippen LogP contribution in [0.4, 0.5) is 0 Å². The van der Waals surface area contributed by atoms with Crippen molar-refractivity contribution in [3.05, 3.63) is 21.3 Å². The molecule has 0 aliphatic rings. The lowest BCUT2D eigenvalue weighted by molar-refractivity contribution is 0.209. The Morgan fingerprint density at radius 3 is 2.80 bits per heavy atom. The molecule has 1 aromatic rings. The number of thiophene rings is 1. The van der Waals surface area contributed by atoms with Gasteiger partial charge in [-0.05, 0) is 12.1 Å². The molecule has 0 aliphatic heterocycles. The third kappa shape index (κ3) is 1.95. The van der Waals surface area contributed by atoms with Gasteiger partial charge in [-0.2, -0.15) is 0 Å². The van der Waals surface area contributed by atoms with Gasteiger partial charge < -0.3 is 5.11 Å². The van der Waals surface area contributed by atoms with Gasteiger partial charge in [0.05, 0.1) is 10.4 Å². The van der Waals surface area contributed by atoms with Crippen LogP contribution < -0.4 is 0 Å². The molecule has 1 atom stereocenters. The van der Waals surface area contributed by atoms with Crippen LogP contribution in [0.1, 0.15) is 11.0 Å². The van der Waals surface area contributed by atoms with E-state index in [4.69, 9.17) is 11.6 Å². The summed E-state index contributed by atoms with van der Waals surface area (Å²) in [7, 11) is 0. The number of aliphatic hydroxyl groups is 1. The van der Waals surface area contributed by atoms with Gasteiger partial charge in [-0.15, -0.1) is 11.3 Å². The summed E-state index contributed by atoms with van der Waals surface area (Å²) in [4.78, 5) is 0.905. The van der Waals surface area contributed by atoms with Crippen LogP contribution >= 0.6 is 38.9 Å². The van der Waals surface area contributed by atoms with Crippen LogP contribution in [-0.2, 0) is 0 Å². The summed E-state index contributed by atoms with van der Waals surface area (Å²) in [6, 6.07) is 3.62. The van der Waals surface area contributed by atoms with Crippen molar-refractivity contribution in [2.75, 3.05) is 5.33 Å². The van der Waals surface area contributed by atoms with Crippen LogP contribution in [0.15, 0.2) is 12.1 Å². The highest BCUT2D eigenvalue weighted by molar-refractivity contribution is 9.09. The molecule has 0 bridgehead atoms. The third-order valence-corrected chi connectivity index (χ3v) is 3.01. The lowest BCUT2D eigenvalue weighted by atomic mass is 10.3. The molecule has 10 heavy (non-hydrogen) atoms. The fourth-order valence-electron chi connectivity index (χ4n) is 0.583. The van der Waals surface area contributed by atoms with E-state index in [1.807, 2.05) is 6.07 Å².